The van der Waals surface area contributed by atoms with E-state index in [1.807, 2.05) is 26.8 Å². The number of hydrogen-bond acceptors (Lipinski definition) is 3. The molecule has 0 aliphatic rings. The summed E-state index contributed by atoms with van der Waals surface area (Å²) in [7, 11) is 0. The Bertz CT molecular complexity index is 625. The normalized spacial score (nSPS) is 12.0. The van der Waals surface area contributed by atoms with Gasteiger partial charge in [0.05, 0.1) is 5.69 Å². The van der Waals surface area contributed by atoms with Gasteiger partial charge in [0, 0.05) is 15.9 Å². The molecule has 1 aromatic carbocycles. The van der Waals surface area contributed by atoms with Crippen LogP contribution in [-0.2, 0) is 5.41 Å². The number of halogens is 3. The summed E-state index contributed by atoms with van der Waals surface area (Å²) >= 11 is 3.93. The second kappa shape index (κ2) is 6.40. The standard InChI is InChI=1S/C15H15BrF2N2S/c1-15(2,3)13-19-11(8-12(16)20-13)9-4-6-10(7-5-9)21-14(17)18/h4-8,14H,1-3H3. The van der Waals surface area contributed by atoms with Gasteiger partial charge in [0.25, 0.3) is 5.76 Å². The van der Waals surface area contributed by atoms with E-state index in [2.05, 4.69) is 25.9 Å². The Morgan fingerprint density at radius 1 is 1.10 bits per heavy atom. The molecule has 0 unspecified atom stereocenters. The zero-order chi connectivity index (χ0) is 15.6. The lowest BCUT2D eigenvalue weighted by Crippen LogP contribution is -2.16. The topological polar surface area (TPSA) is 25.8 Å². The first-order chi connectivity index (χ1) is 9.75. The van der Waals surface area contributed by atoms with Gasteiger partial charge < -0.3 is 0 Å². The van der Waals surface area contributed by atoms with E-state index in [4.69, 9.17) is 0 Å². The molecule has 1 heterocycles. The highest BCUT2D eigenvalue weighted by atomic mass is 79.9. The Morgan fingerprint density at radius 3 is 2.24 bits per heavy atom. The Labute approximate surface area is 135 Å². The van der Waals surface area contributed by atoms with Crippen LogP contribution < -0.4 is 0 Å². The molecule has 0 radical (unpaired) electrons. The second-order valence-corrected chi connectivity index (χ2v) is 7.43. The van der Waals surface area contributed by atoms with Gasteiger partial charge in [-0.2, -0.15) is 8.78 Å². The number of rotatable bonds is 3. The Hall–Kier alpha value is -1.01. The minimum Gasteiger partial charge on any atom is -0.232 e. The summed E-state index contributed by atoms with van der Waals surface area (Å²) in [4.78, 5) is 9.50. The highest BCUT2D eigenvalue weighted by Crippen LogP contribution is 2.29. The minimum atomic E-state index is -2.41. The van der Waals surface area contributed by atoms with E-state index in [1.165, 1.54) is 0 Å². The Balaban J connectivity index is 2.35. The first-order valence-corrected chi connectivity index (χ1v) is 8.03. The molecule has 0 spiro atoms. The summed E-state index contributed by atoms with van der Waals surface area (Å²) in [5.41, 5.74) is 1.49. The number of thioether (sulfide) groups is 1. The van der Waals surface area contributed by atoms with Gasteiger partial charge in [0.2, 0.25) is 0 Å². The third kappa shape index (κ3) is 4.48. The van der Waals surface area contributed by atoms with Crippen LogP contribution in [0, 0.1) is 0 Å². The summed E-state index contributed by atoms with van der Waals surface area (Å²) in [5.74, 6) is -1.67. The van der Waals surface area contributed by atoms with E-state index < -0.39 is 5.76 Å². The zero-order valence-electron chi connectivity index (χ0n) is 11.9. The lowest BCUT2D eigenvalue weighted by atomic mass is 9.95. The maximum Gasteiger partial charge on any atom is 0.288 e. The number of benzene rings is 1. The van der Waals surface area contributed by atoms with Crippen LogP contribution in [0.25, 0.3) is 11.3 Å². The van der Waals surface area contributed by atoms with Crippen molar-refractivity contribution >= 4 is 27.7 Å². The molecule has 0 N–H and O–H groups in total. The van der Waals surface area contributed by atoms with Crippen molar-refractivity contribution in [3.63, 3.8) is 0 Å². The molecule has 2 rings (SSSR count). The first kappa shape index (κ1) is 16.4. The van der Waals surface area contributed by atoms with Crippen LogP contribution in [0.4, 0.5) is 8.78 Å². The predicted octanol–water partition coefficient (Wildman–Crippen LogP) is 5.52. The molecule has 0 saturated heterocycles. The number of hydrogen-bond donors (Lipinski definition) is 0. The van der Waals surface area contributed by atoms with E-state index in [1.54, 1.807) is 24.3 Å². The average molecular weight is 373 g/mol. The predicted molar refractivity (Wildman–Crippen MR) is 85.7 cm³/mol. The van der Waals surface area contributed by atoms with Crippen molar-refractivity contribution in [2.75, 3.05) is 0 Å². The molecule has 21 heavy (non-hydrogen) atoms. The number of nitrogens with zero attached hydrogens (tertiary/aromatic N) is 2. The van der Waals surface area contributed by atoms with E-state index >= 15 is 0 Å². The van der Waals surface area contributed by atoms with Crippen molar-refractivity contribution in [1.29, 1.82) is 0 Å². The third-order valence-corrected chi connectivity index (χ3v) is 3.87. The van der Waals surface area contributed by atoms with E-state index in [0.29, 0.717) is 21.3 Å². The van der Waals surface area contributed by atoms with Crippen molar-refractivity contribution in [3.8, 4) is 11.3 Å². The van der Waals surface area contributed by atoms with Crippen molar-refractivity contribution in [2.45, 2.75) is 36.8 Å². The molecule has 0 aliphatic carbocycles. The summed E-state index contributed by atoms with van der Waals surface area (Å²) in [5, 5.41) is 0. The van der Waals surface area contributed by atoms with Gasteiger partial charge in [0.15, 0.2) is 0 Å². The molecule has 0 bridgehead atoms. The molecule has 1 aromatic heterocycles. The van der Waals surface area contributed by atoms with E-state index in [9.17, 15) is 8.78 Å². The van der Waals surface area contributed by atoms with Crippen molar-refractivity contribution in [1.82, 2.24) is 9.97 Å². The molecule has 2 nitrogen and oxygen atoms in total. The quantitative estimate of drug-likeness (QED) is 0.524. The summed E-state index contributed by atoms with van der Waals surface area (Å²) in [6.07, 6.45) is 0. The number of aromatic nitrogens is 2. The van der Waals surface area contributed by atoms with Gasteiger partial charge in [-0.15, -0.1) is 0 Å². The van der Waals surface area contributed by atoms with Crippen LogP contribution in [0.15, 0.2) is 39.8 Å². The molecule has 0 fully saturated rings. The van der Waals surface area contributed by atoms with Crippen molar-refractivity contribution < 1.29 is 8.78 Å². The maximum atomic E-state index is 12.3. The summed E-state index contributed by atoms with van der Waals surface area (Å²) in [6.45, 7) is 6.13. The van der Waals surface area contributed by atoms with Gasteiger partial charge in [-0.05, 0) is 34.1 Å². The third-order valence-electron chi connectivity index (χ3n) is 2.74. The van der Waals surface area contributed by atoms with Crippen LogP contribution >= 0.6 is 27.7 Å². The molecule has 0 saturated carbocycles. The second-order valence-electron chi connectivity index (χ2n) is 5.55. The zero-order valence-corrected chi connectivity index (χ0v) is 14.3. The van der Waals surface area contributed by atoms with Crippen LogP contribution in [0.5, 0.6) is 0 Å². The molecule has 2 aromatic rings. The summed E-state index contributed by atoms with van der Waals surface area (Å²) in [6, 6.07) is 8.78. The lowest BCUT2D eigenvalue weighted by molar-refractivity contribution is 0.252. The average Bonchev–Trinajstić information content (AvgIpc) is 2.37. The smallest absolute Gasteiger partial charge is 0.232 e. The van der Waals surface area contributed by atoms with Crippen LogP contribution in [-0.4, -0.2) is 15.7 Å². The summed E-state index contributed by atoms with van der Waals surface area (Å²) < 4.78 is 25.3. The van der Waals surface area contributed by atoms with Crippen LogP contribution in [0.2, 0.25) is 0 Å². The van der Waals surface area contributed by atoms with E-state index in [-0.39, 0.29) is 5.41 Å². The molecule has 0 atom stereocenters. The van der Waals surface area contributed by atoms with Gasteiger partial charge >= 0.3 is 0 Å². The van der Waals surface area contributed by atoms with Gasteiger partial charge in [-0.1, -0.05) is 44.7 Å². The molecular formula is C15H15BrF2N2S. The van der Waals surface area contributed by atoms with Crippen molar-refractivity contribution in [2.24, 2.45) is 0 Å². The van der Waals surface area contributed by atoms with Crippen molar-refractivity contribution in [3.05, 3.63) is 40.8 Å². The molecule has 0 amide bonds. The highest BCUT2D eigenvalue weighted by molar-refractivity contribution is 9.10. The van der Waals surface area contributed by atoms with Crippen LogP contribution in [0.3, 0.4) is 0 Å². The fourth-order valence-corrected chi connectivity index (χ4v) is 2.59. The van der Waals surface area contributed by atoms with Gasteiger partial charge in [0.1, 0.15) is 10.4 Å². The Kier molecular flexibility index (Phi) is 4.99. The largest absolute Gasteiger partial charge is 0.288 e. The molecule has 6 heteroatoms. The molecular weight excluding hydrogens is 358 g/mol. The minimum absolute atomic E-state index is 0.163. The SMILES string of the molecule is CC(C)(C)c1nc(Br)cc(-c2ccc(SC(F)F)cc2)n1. The molecule has 112 valence electrons. The van der Waals surface area contributed by atoms with Crippen LogP contribution in [0.1, 0.15) is 26.6 Å². The van der Waals surface area contributed by atoms with Gasteiger partial charge in [-0.25, -0.2) is 9.97 Å². The fourth-order valence-electron chi connectivity index (χ4n) is 1.71. The maximum absolute atomic E-state index is 12.3. The molecule has 0 aliphatic heterocycles. The first-order valence-electron chi connectivity index (χ1n) is 6.36. The van der Waals surface area contributed by atoms with Gasteiger partial charge in [-0.3, -0.25) is 0 Å². The highest BCUT2D eigenvalue weighted by Gasteiger charge is 2.19. The fraction of sp³-hybridized carbons (Fsp3) is 0.333. The monoisotopic (exact) mass is 372 g/mol. The Morgan fingerprint density at radius 2 is 1.71 bits per heavy atom. The number of alkyl halides is 2. The van der Waals surface area contributed by atoms with E-state index in [0.717, 1.165) is 17.1 Å². The lowest BCUT2D eigenvalue weighted by Gasteiger charge is -2.17.